The lowest BCUT2D eigenvalue weighted by Gasteiger charge is -2.16. The van der Waals surface area contributed by atoms with Gasteiger partial charge in [0.05, 0.1) is 6.54 Å². The minimum absolute atomic E-state index is 0.0962. The highest BCUT2D eigenvalue weighted by Crippen LogP contribution is 2.38. The molecule has 8 nitrogen and oxygen atoms in total. The van der Waals surface area contributed by atoms with Gasteiger partial charge in [0.1, 0.15) is 11.6 Å². The van der Waals surface area contributed by atoms with Gasteiger partial charge in [-0.3, -0.25) is 9.59 Å². The van der Waals surface area contributed by atoms with Crippen LogP contribution in [0.4, 0.5) is 0 Å². The zero-order valence-electron chi connectivity index (χ0n) is 17.0. The van der Waals surface area contributed by atoms with Gasteiger partial charge < -0.3 is 19.5 Å². The topological polar surface area (TPSA) is 104 Å². The number of aromatic nitrogens is 1. The SMILES string of the molecule is Cc1cc(/C=C(\C#N)C(=O)OCC(=O)N(C)CC(=O)NC2CC2)c(C)n1C1CC1. The van der Waals surface area contributed by atoms with Gasteiger partial charge in [0, 0.05) is 30.5 Å². The lowest BCUT2D eigenvalue weighted by molar-refractivity contribution is -0.148. The highest BCUT2D eigenvalue weighted by Gasteiger charge is 2.27. The third-order valence-corrected chi connectivity index (χ3v) is 5.15. The first-order valence-corrected chi connectivity index (χ1v) is 9.80. The molecule has 0 saturated heterocycles. The van der Waals surface area contributed by atoms with E-state index in [0.717, 1.165) is 42.6 Å². The maximum Gasteiger partial charge on any atom is 0.349 e. The van der Waals surface area contributed by atoms with Crippen molar-refractivity contribution >= 4 is 23.9 Å². The van der Waals surface area contributed by atoms with E-state index in [1.165, 1.54) is 18.0 Å². The van der Waals surface area contributed by atoms with Crippen LogP contribution in [0.3, 0.4) is 0 Å². The van der Waals surface area contributed by atoms with Crippen LogP contribution in [0, 0.1) is 25.2 Å². The van der Waals surface area contributed by atoms with Crippen LogP contribution in [0.15, 0.2) is 11.6 Å². The molecule has 2 saturated carbocycles. The van der Waals surface area contributed by atoms with Crippen molar-refractivity contribution in [3.8, 4) is 6.07 Å². The van der Waals surface area contributed by atoms with E-state index in [1.807, 2.05) is 26.0 Å². The van der Waals surface area contributed by atoms with Gasteiger partial charge in [-0.25, -0.2) is 4.79 Å². The number of aryl methyl sites for hydroxylation is 1. The van der Waals surface area contributed by atoms with Crippen molar-refractivity contribution in [2.75, 3.05) is 20.2 Å². The highest BCUT2D eigenvalue weighted by molar-refractivity contribution is 5.99. The summed E-state index contributed by atoms with van der Waals surface area (Å²) < 4.78 is 7.22. The van der Waals surface area contributed by atoms with Gasteiger partial charge in [-0.1, -0.05) is 0 Å². The van der Waals surface area contributed by atoms with E-state index in [1.54, 1.807) is 0 Å². The number of esters is 1. The van der Waals surface area contributed by atoms with Crippen LogP contribution < -0.4 is 5.32 Å². The Morgan fingerprint density at radius 1 is 1.31 bits per heavy atom. The Morgan fingerprint density at radius 2 is 2.00 bits per heavy atom. The molecular formula is C21H26N4O4. The Balaban J connectivity index is 1.56. The second kappa shape index (κ2) is 8.52. The number of nitrogens with zero attached hydrogens (tertiary/aromatic N) is 3. The maximum atomic E-state index is 12.3. The highest BCUT2D eigenvalue weighted by atomic mass is 16.5. The minimum atomic E-state index is -0.854. The largest absolute Gasteiger partial charge is 0.451 e. The number of nitriles is 1. The predicted octanol–water partition coefficient (Wildman–Crippen LogP) is 1.63. The molecule has 1 aromatic rings. The molecule has 1 N–H and O–H groups in total. The van der Waals surface area contributed by atoms with Crippen LogP contribution >= 0.6 is 0 Å². The lowest BCUT2D eigenvalue weighted by Crippen LogP contribution is -2.40. The average molecular weight is 398 g/mol. The third kappa shape index (κ3) is 5.25. The van der Waals surface area contributed by atoms with Crippen molar-refractivity contribution in [2.45, 2.75) is 51.6 Å². The van der Waals surface area contributed by atoms with E-state index in [9.17, 15) is 19.6 Å². The molecule has 8 heteroatoms. The summed E-state index contributed by atoms with van der Waals surface area (Å²) in [5, 5.41) is 12.1. The average Bonchev–Trinajstić information content (AvgIpc) is 3.59. The van der Waals surface area contributed by atoms with E-state index in [-0.39, 0.29) is 24.1 Å². The van der Waals surface area contributed by atoms with E-state index in [0.29, 0.717) is 6.04 Å². The number of hydrogen-bond donors (Lipinski definition) is 1. The second-order valence-corrected chi connectivity index (χ2v) is 7.77. The van der Waals surface area contributed by atoms with Crippen LogP contribution in [0.5, 0.6) is 0 Å². The number of nitrogens with one attached hydrogen (secondary N) is 1. The Hall–Kier alpha value is -3.08. The van der Waals surface area contributed by atoms with Gasteiger partial charge in [-0.2, -0.15) is 5.26 Å². The van der Waals surface area contributed by atoms with E-state index in [4.69, 9.17) is 4.74 Å². The van der Waals surface area contributed by atoms with Crippen LogP contribution in [0.2, 0.25) is 0 Å². The molecule has 0 aromatic carbocycles. The Kier molecular flexibility index (Phi) is 6.06. The summed E-state index contributed by atoms with van der Waals surface area (Å²) in [4.78, 5) is 37.3. The fourth-order valence-corrected chi connectivity index (χ4v) is 3.26. The maximum absolute atomic E-state index is 12.3. The fraction of sp³-hybridized carbons (Fsp3) is 0.524. The van der Waals surface area contributed by atoms with Crippen LogP contribution in [-0.4, -0.2) is 53.5 Å². The molecule has 0 bridgehead atoms. The number of carbonyl (C=O) groups is 3. The van der Waals surface area contributed by atoms with Gasteiger partial charge in [-0.15, -0.1) is 0 Å². The molecular weight excluding hydrogens is 372 g/mol. The number of rotatable bonds is 8. The molecule has 1 aromatic heterocycles. The monoisotopic (exact) mass is 398 g/mol. The summed E-state index contributed by atoms with van der Waals surface area (Å²) in [6.45, 7) is 3.34. The van der Waals surface area contributed by atoms with Gasteiger partial charge in [0.2, 0.25) is 5.91 Å². The summed E-state index contributed by atoms with van der Waals surface area (Å²) >= 11 is 0. The predicted molar refractivity (Wildman–Crippen MR) is 106 cm³/mol. The second-order valence-electron chi connectivity index (χ2n) is 7.77. The van der Waals surface area contributed by atoms with Gasteiger partial charge in [-0.05, 0) is 57.2 Å². The Morgan fingerprint density at radius 3 is 2.59 bits per heavy atom. The van der Waals surface area contributed by atoms with E-state index >= 15 is 0 Å². The lowest BCUT2D eigenvalue weighted by atomic mass is 10.1. The number of likely N-dealkylation sites (N-methyl/N-ethyl adjacent to an activating group) is 1. The summed E-state index contributed by atoms with van der Waals surface area (Å²) in [6.07, 6.45) is 5.71. The van der Waals surface area contributed by atoms with Gasteiger partial charge in [0.25, 0.3) is 5.91 Å². The van der Waals surface area contributed by atoms with Crippen molar-refractivity contribution in [1.29, 1.82) is 5.26 Å². The van der Waals surface area contributed by atoms with Crippen LogP contribution in [0.25, 0.3) is 6.08 Å². The molecule has 29 heavy (non-hydrogen) atoms. The molecule has 0 unspecified atom stereocenters. The summed E-state index contributed by atoms with van der Waals surface area (Å²) in [7, 11) is 1.47. The molecule has 0 spiro atoms. The summed E-state index contributed by atoms with van der Waals surface area (Å²) in [6, 6.07) is 4.51. The first-order chi connectivity index (χ1) is 13.8. The number of hydrogen-bond acceptors (Lipinski definition) is 5. The minimum Gasteiger partial charge on any atom is -0.451 e. The van der Waals surface area contributed by atoms with Crippen molar-refractivity contribution in [3.63, 3.8) is 0 Å². The van der Waals surface area contributed by atoms with Crippen molar-refractivity contribution in [1.82, 2.24) is 14.8 Å². The molecule has 1 heterocycles. The normalized spacial score (nSPS) is 16.1. The first-order valence-electron chi connectivity index (χ1n) is 9.80. The molecule has 0 aliphatic heterocycles. The molecule has 0 atom stereocenters. The van der Waals surface area contributed by atoms with Crippen LogP contribution in [0.1, 0.15) is 48.7 Å². The zero-order chi connectivity index (χ0) is 21.1. The molecule has 0 radical (unpaired) electrons. The zero-order valence-corrected chi connectivity index (χ0v) is 17.0. The molecule has 3 rings (SSSR count). The van der Waals surface area contributed by atoms with Crippen molar-refractivity contribution in [3.05, 3.63) is 28.6 Å². The summed E-state index contributed by atoms with van der Waals surface area (Å²) in [5.74, 6) is -1.60. The summed E-state index contributed by atoms with van der Waals surface area (Å²) in [5.41, 5.74) is 2.72. The number of amides is 2. The molecule has 2 aliphatic rings. The number of carbonyl (C=O) groups excluding carboxylic acids is 3. The quantitative estimate of drug-likeness (QED) is 0.407. The third-order valence-electron chi connectivity index (χ3n) is 5.15. The fourth-order valence-electron chi connectivity index (χ4n) is 3.26. The van der Waals surface area contributed by atoms with E-state index < -0.39 is 18.5 Å². The standard InChI is InChI=1S/C21H26N4O4/c1-13-8-15(14(2)25(13)18-6-7-18)9-16(10-22)21(28)29-12-20(27)24(3)11-19(26)23-17-4-5-17/h8-9,17-18H,4-7,11-12H2,1-3H3,(H,23,26)/b16-9+. The van der Waals surface area contributed by atoms with Crippen LogP contribution in [-0.2, 0) is 19.1 Å². The molecule has 2 fully saturated rings. The molecule has 2 amide bonds. The van der Waals surface area contributed by atoms with Crippen molar-refractivity contribution < 1.29 is 19.1 Å². The molecule has 2 aliphatic carbocycles. The Labute approximate surface area is 170 Å². The van der Waals surface area contributed by atoms with Gasteiger partial charge >= 0.3 is 5.97 Å². The Bertz CT molecular complexity index is 901. The van der Waals surface area contributed by atoms with Gasteiger partial charge in [0.15, 0.2) is 6.61 Å². The van der Waals surface area contributed by atoms with Crippen molar-refractivity contribution in [2.24, 2.45) is 0 Å². The molecule has 154 valence electrons. The smallest absolute Gasteiger partial charge is 0.349 e. The first kappa shape index (κ1) is 20.6. The number of ether oxygens (including phenoxy) is 1. The van der Waals surface area contributed by atoms with E-state index in [2.05, 4.69) is 9.88 Å².